The normalized spacial score (nSPS) is 13.7. The number of rotatable bonds is 0. The largest absolute Gasteiger partial charge is 0.391 e. The summed E-state index contributed by atoms with van der Waals surface area (Å²) in [7, 11) is 0. The van der Waals surface area contributed by atoms with Crippen molar-refractivity contribution >= 4 is 8.41 Å². The number of hydroxylamine groups is 1. The first-order valence-corrected chi connectivity index (χ1v) is 1.73. The summed E-state index contributed by atoms with van der Waals surface area (Å²) >= 11 is 0. The van der Waals surface area contributed by atoms with Gasteiger partial charge in [0, 0.05) is 14.6 Å². The fraction of sp³-hybridized carbons (Fsp3) is 0. The van der Waals surface area contributed by atoms with Crippen LogP contribution in [0.3, 0.4) is 0 Å². The molecule has 0 unspecified atom stereocenters. The molecule has 1 heterocycles. The lowest BCUT2D eigenvalue weighted by atomic mass is 10.6. The third kappa shape index (κ3) is 1.92. The molecule has 0 spiro atoms. The molecule has 0 amide bonds. The van der Waals surface area contributed by atoms with Gasteiger partial charge < -0.3 is 4.84 Å². The molecule has 1 N–H and O–H groups in total. The first-order valence-electron chi connectivity index (χ1n) is 1.73. The molecule has 1 rings (SSSR count). The Balaban J connectivity index is 0.000000360. The SMILES string of the molecule is C1=CNOC=C1.[B]. The number of hydrogen-bond acceptors (Lipinski definition) is 2. The van der Waals surface area contributed by atoms with E-state index in [1.807, 2.05) is 6.08 Å². The smallest absolute Gasteiger partial charge is 0.119 e. The van der Waals surface area contributed by atoms with Crippen molar-refractivity contribution < 1.29 is 4.84 Å². The Labute approximate surface area is 44.4 Å². The van der Waals surface area contributed by atoms with Gasteiger partial charge in [0.2, 0.25) is 0 Å². The monoisotopic (exact) mass is 94.0 g/mol. The lowest BCUT2D eigenvalue weighted by molar-refractivity contribution is 0.172. The van der Waals surface area contributed by atoms with E-state index in [0.29, 0.717) is 0 Å². The van der Waals surface area contributed by atoms with Crippen molar-refractivity contribution in [2.45, 2.75) is 0 Å². The Morgan fingerprint density at radius 2 is 2.14 bits per heavy atom. The second-order valence-corrected chi connectivity index (χ2v) is 0.923. The van der Waals surface area contributed by atoms with Crippen LogP contribution >= 0.6 is 0 Å². The molecule has 0 bridgehead atoms. The fourth-order valence-electron chi connectivity index (χ4n) is 0.258. The third-order valence-electron chi connectivity index (χ3n) is 0.490. The van der Waals surface area contributed by atoms with E-state index in [1.54, 1.807) is 18.5 Å². The zero-order valence-electron chi connectivity index (χ0n) is 3.79. The van der Waals surface area contributed by atoms with Gasteiger partial charge in [0.05, 0.1) is 0 Å². The molecule has 0 aromatic carbocycles. The summed E-state index contributed by atoms with van der Waals surface area (Å²) in [6.45, 7) is 0. The zero-order valence-corrected chi connectivity index (χ0v) is 3.79. The Morgan fingerprint density at radius 1 is 1.29 bits per heavy atom. The number of hydrogen-bond donors (Lipinski definition) is 1. The quantitative estimate of drug-likeness (QED) is 0.432. The van der Waals surface area contributed by atoms with Crippen LogP contribution in [-0.2, 0) is 4.84 Å². The second-order valence-electron chi connectivity index (χ2n) is 0.923. The summed E-state index contributed by atoms with van der Waals surface area (Å²) in [5.74, 6) is 0. The summed E-state index contributed by atoms with van der Waals surface area (Å²) in [4.78, 5) is 4.55. The highest BCUT2D eigenvalue weighted by Crippen LogP contribution is 1.80. The van der Waals surface area contributed by atoms with Crippen LogP contribution < -0.4 is 5.48 Å². The number of nitrogens with one attached hydrogen (secondary N) is 1. The summed E-state index contributed by atoms with van der Waals surface area (Å²) in [5.41, 5.74) is 2.52. The van der Waals surface area contributed by atoms with E-state index in [1.165, 1.54) is 0 Å². The second kappa shape index (κ2) is 3.34. The van der Waals surface area contributed by atoms with E-state index in [9.17, 15) is 0 Å². The molecular formula is C4H5BNO. The van der Waals surface area contributed by atoms with Crippen molar-refractivity contribution in [3.8, 4) is 0 Å². The van der Waals surface area contributed by atoms with Gasteiger partial charge >= 0.3 is 0 Å². The van der Waals surface area contributed by atoms with E-state index in [4.69, 9.17) is 0 Å². The molecule has 0 saturated carbocycles. The van der Waals surface area contributed by atoms with Crippen LogP contribution in [0.5, 0.6) is 0 Å². The Kier molecular flexibility index (Phi) is 2.93. The minimum Gasteiger partial charge on any atom is -0.391 e. The van der Waals surface area contributed by atoms with Crippen LogP contribution in [0.4, 0.5) is 0 Å². The van der Waals surface area contributed by atoms with Gasteiger partial charge in [-0.15, -0.1) is 0 Å². The first-order chi connectivity index (χ1) is 3.00. The van der Waals surface area contributed by atoms with E-state index in [0.717, 1.165) is 0 Å². The van der Waals surface area contributed by atoms with Crippen LogP contribution in [-0.4, -0.2) is 8.41 Å². The van der Waals surface area contributed by atoms with E-state index >= 15 is 0 Å². The molecule has 0 aliphatic carbocycles. The molecule has 1 aliphatic heterocycles. The molecule has 3 radical (unpaired) electrons. The van der Waals surface area contributed by atoms with Crippen LogP contribution in [0.25, 0.3) is 0 Å². The van der Waals surface area contributed by atoms with Crippen molar-refractivity contribution in [2.75, 3.05) is 0 Å². The molecule has 0 saturated heterocycles. The predicted octanol–water partition coefficient (Wildman–Crippen LogP) is 0.168. The van der Waals surface area contributed by atoms with Crippen LogP contribution in [0, 0.1) is 0 Å². The highest BCUT2D eigenvalue weighted by Gasteiger charge is 1.72. The van der Waals surface area contributed by atoms with E-state index in [-0.39, 0.29) is 8.41 Å². The molecular weight excluding hydrogens is 88.9 g/mol. The molecule has 0 fully saturated rings. The highest BCUT2D eigenvalue weighted by atomic mass is 16.6. The Morgan fingerprint density at radius 3 is 2.29 bits per heavy atom. The highest BCUT2D eigenvalue weighted by molar-refractivity contribution is 5.75. The van der Waals surface area contributed by atoms with E-state index < -0.39 is 0 Å². The lowest BCUT2D eigenvalue weighted by Crippen LogP contribution is -2.01. The van der Waals surface area contributed by atoms with Gasteiger partial charge in [-0.25, -0.2) is 5.48 Å². The van der Waals surface area contributed by atoms with Gasteiger partial charge in [-0.3, -0.25) is 0 Å². The first kappa shape index (κ1) is 6.14. The van der Waals surface area contributed by atoms with Crippen molar-refractivity contribution in [1.29, 1.82) is 0 Å². The summed E-state index contributed by atoms with van der Waals surface area (Å²) in [5, 5.41) is 0. The topological polar surface area (TPSA) is 21.3 Å². The minimum absolute atomic E-state index is 0. The Bertz CT molecular complexity index is 77.7. The van der Waals surface area contributed by atoms with Crippen LogP contribution in [0.1, 0.15) is 0 Å². The van der Waals surface area contributed by atoms with Gasteiger partial charge in [-0.05, 0) is 12.2 Å². The average Bonchev–Trinajstić information content (AvgIpc) is 1.72. The predicted molar refractivity (Wildman–Crippen MR) is 28.3 cm³/mol. The van der Waals surface area contributed by atoms with Gasteiger partial charge in [-0.1, -0.05) is 0 Å². The van der Waals surface area contributed by atoms with Gasteiger partial charge in [-0.2, -0.15) is 0 Å². The van der Waals surface area contributed by atoms with Crippen LogP contribution in [0.15, 0.2) is 24.6 Å². The maximum atomic E-state index is 4.55. The van der Waals surface area contributed by atoms with Gasteiger partial charge in [0.1, 0.15) is 6.26 Å². The maximum Gasteiger partial charge on any atom is 0.119 e. The molecule has 2 nitrogen and oxygen atoms in total. The summed E-state index contributed by atoms with van der Waals surface area (Å²) < 4.78 is 0. The zero-order chi connectivity index (χ0) is 4.24. The van der Waals surface area contributed by atoms with Gasteiger partial charge in [0.25, 0.3) is 0 Å². The third-order valence-corrected chi connectivity index (χ3v) is 0.490. The average molecular weight is 93.9 g/mol. The minimum atomic E-state index is 0. The number of allylic oxidation sites excluding steroid dienone is 2. The molecule has 0 aromatic rings. The van der Waals surface area contributed by atoms with Crippen molar-refractivity contribution in [1.82, 2.24) is 5.48 Å². The van der Waals surface area contributed by atoms with Crippen molar-refractivity contribution in [3.05, 3.63) is 24.6 Å². The standard InChI is InChI=1S/C4H5NO.B/c1-2-4-6-5-3-1;/h1-5H;. The maximum absolute atomic E-state index is 4.55. The molecule has 35 valence electrons. The van der Waals surface area contributed by atoms with Crippen molar-refractivity contribution in [2.24, 2.45) is 0 Å². The summed E-state index contributed by atoms with van der Waals surface area (Å²) in [6.07, 6.45) is 6.93. The summed E-state index contributed by atoms with van der Waals surface area (Å²) in [6, 6.07) is 0. The van der Waals surface area contributed by atoms with Crippen molar-refractivity contribution in [3.63, 3.8) is 0 Å². The van der Waals surface area contributed by atoms with Crippen LogP contribution in [0.2, 0.25) is 0 Å². The van der Waals surface area contributed by atoms with Gasteiger partial charge in [0.15, 0.2) is 0 Å². The lowest BCUT2D eigenvalue weighted by Gasteiger charge is -1.97. The Hall–Kier alpha value is -0.855. The van der Waals surface area contributed by atoms with E-state index in [2.05, 4.69) is 10.3 Å². The molecule has 1 aliphatic rings. The molecule has 0 atom stereocenters. The molecule has 0 aromatic heterocycles. The molecule has 3 heteroatoms. The fourth-order valence-corrected chi connectivity index (χ4v) is 0.258. The molecule has 7 heavy (non-hydrogen) atoms.